The molecule has 1 aromatic heterocycles. The topological polar surface area (TPSA) is 83.8 Å². The predicted octanol–water partition coefficient (Wildman–Crippen LogP) is 5.86. The highest BCUT2D eigenvalue weighted by Crippen LogP contribution is 2.34. The van der Waals surface area contributed by atoms with Gasteiger partial charge in [-0.3, -0.25) is 14.2 Å². The van der Waals surface area contributed by atoms with E-state index >= 15 is 0 Å². The van der Waals surface area contributed by atoms with Crippen LogP contribution in [0.15, 0.2) is 35.3 Å². The Kier molecular flexibility index (Phi) is 7.84. The average Bonchev–Trinajstić information content (AvgIpc) is 2.74. The van der Waals surface area contributed by atoms with Crippen molar-refractivity contribution in [2.45, 2.75) is 78.6 Å². The quantitative estimate of drug-likeness (QED) is 0.311. The third-order valence-electron chi connectivity index (χ3n) is 4.99. The molecule has 35 heavy (non-hydrogen) atoms. The van der Waals surface area contributed by atoms with Crippen LogP contribution in [0.5, 0.6) is 5.75 Å². The Morgan fingerprint density at radius 1 is 1.09 bits per heavy atom. The first-order valence-electron chi connectivity index (χ1n) is 13.0. The van der Waals surface area contributed by atoms with E-state index in [0.29, 0.717) is 0 Å². The maximum atomic E-state index is 13.4. The lowest BCUT2D eigenvalue weighted by molar-refractivity contribution is -0.160. The first-order chi connectivity index (χ1) is 17.3. The Labute approximate surface area is 216 Å². The molecule has 2 rings (SSSR count). The molecule has 1 atom stereocenters. The molecule has 1 aromatic carbocycles. The first-order valence-corrected chi connectivity index (χ1v) is 11.8. The van der Waals surface area contributed by atoms with Gasteiger partial charge >= 0.3 is 5.97 Å². The van der Waals surface area contributed by atoms with E-state index in [2.05, 4.69) is 0 Å². The minimum absolute atomic E-state index is 0.0653. The molecule has 0 radical (unpaired) electrons. The van der Waals surface area contributed by atoms with E-state index in [-0.39, 0.29) is 52.7 Å². The smallest absolute Gasteiger partial charge is 0.329 e. The SMILES string of the molecule is [2H]C([2H])([2H])Oc1cn(C(CCOC(C)(C)C)C(=O)OC(C)(C)C)c(=O)cc1-c1cc(Cl)ccc1C(=O)CC. The molecule has 2 aromatic rings. The van der Waals surface area contributed by atoms with Crippen molar-refractivity contribution in [1.82, 2.24) is 4.57 Å². The second-order valence-electron chi connectivity index (χ2n) is 10.2. The van der Waals surface area contributed by atoms with Crippen LogP contribution in [-0.2, 0) is 14.3 Å². The van der Waals surface area contributed by atoms with Crippen LogP contribution >= 0.6 is 11.6 Å². The summed E-state index contributed by atoms with van der Waals surface area (Å²) in [7, 11) is -2.89. The number of esters is 1. The Bertz CT molecular complexity index is 1230. The monoisotopic (exact) mass is 508 g/mol. The second-order valence-corrected chi connectivity index (χ2v) is 10.6. The zero-order chi connectivity index (χ0) is 29.1. The summed E-state index contributed by atoms with van der Waals surface area (Å²) in [6.07, 6.45) is 1.42. The van der Waals surface area contributed by atoms with Crippen molar-refractivity contribution >= 4 is 23.4 Å². The molecule has 0 aliphatic rings. The number of methoxy groups -OCH3 is 1. The predicted molar refractivity (Wildman–Crippen MR) is 138 cm³/mol. The summed E-state index contributed by atoms with van der Waals surface area (Å²) in [6, 6.07) is 4.53. The highest BCUT2D eigenvalue weighted by Gasteiger charge is 2.29. The lowest BCUT2D eigenvalue weighted by Crippen LogP contribution is -2.36. The van der Waals surface area contributed by atoms with E-state index < -0.39 is 35.8 Å². The summed E-state index contributed by atoms with van der Waals surface area (Å²) in [5.74, 6) is -1.14. The summed E-state index contributed by atoms with van der Waals surface area (Å²) in [6.45, 7) is 12.5. The van der Waals surface area contributed by atoms with Gasteiger partial charge in [-0.2, -0.15) is 0 Å². The summed E-state index contributed by atoms with van der Waals surface area (Å²) in [5, 5.41) is 0.280. The molecule has 0 saturated carbocycles. The number of hydrogen-bond donors (Lipinski definition) is 0. The van der Waals surface area contributed by atoms with Crippen molar-refractivity contribution in [3.05, 3.63) is 51.4 Å². The van der Waals surface area contributed by atoms with E-state index in [9.17, 15) is 14.4 Å². The highest BCUT2D eigenvalue weighted by molar-refractivity contribution is 6.31. The van der Waals surface area contributed by atoms with Gasteiger partial charge in [0.2, 0.25) is 0 Å². The summed E-state index contributed by atoms with van der Waals surface area (Å²) >= 11 is 6.20. The molecule has 0 aliphatic carbocycles. The fourth-order valence-electron chi connectivity index (χ4n) is 3.45. The lowest BCUT2D eigenvalue weighted by atomic mass is 9.96. The average molecular weight is 509 g/mol. The third-order valence-corrected chi connectivity index (χ3v) is 5.22. The van der Waals surface area contributed by atoms with E-state index in [1.165, 1.54) is 18.2 Å². The van der Waals surface area contributed by atoms with Crippen LogP contribution < -0.4 is 10.3 Å². The number of halogens is 1. The van der Waals surface area contributed by atoms with E-state index in [1.54, 1.807) is 27.7 Å². The van der Waals surface area contributed by atoms with Gasteiger partial charge in [0, 0.05) is 41.7 Å². The lowest BCUT2D eigenvalue weighted by Gasteiger charge is -2.27. The van der Waals surface area contributed by atoms with E-state index in [1.807, 2.05) is 20.8 Å². The van der Waals surface area contributed by atoms with Gasteiger partial charge in [0.25, 0.3) is 5.56 Å². The molecule has 8 heteroatoms. The van der Waals surface area contributed by atoms with Gasteiger partial charge in [-0.25, -0.2) is 4.79 Å². The number of aromatic nitrogens is 1. The zero-order valence-corrected chi connectivity index (χ0v) is 22.1. The van der Waals surface area contributed by atoms with Crippen molar-refractivity contribution < 1.29 is 27.9 Å². The molecular formula is C27H36ClNO6. The van der Waals surface area contributed by atoms with Crippen LogP contribution in [0.1, 0.15) is 81.8 Å². The van der Waals surface area contributed by atoms with Crippen LogP contribution in [0.25, 0.3) is 11.1 Å². The number of pyridine rings is 1. The number of ketones is 1. The number of nitrogens with zero attached hydrogens (tertiary/aromatic N) is 1. The van der Waals surface area contributed by atoms with Gasteiger partial charge in [0.15, 0.2) is 5.78 Å². The fourth-order valence-corrected chi connectivity index (χ4v) is 3.63. The van der Waals surface area contributed by atoms with Crippen molar-refractivity contribution in [3.63, 3.8) is 0 Å². The summed E-state index contributed by atoms with van der Waals surface area (Å²) < 4.78 is 40.7. The minimum Gasteiger partial charge on any atom is -0.495 e. The van der Waals surface area contributed by atoms with Crippen molar-refractivity contribution in [2.75, 3.05) is 13.6 Å². The fraction of sp³-hybridized carbons (Fsp3) is 0.519. The summed E-state index contributed by atoms with van der Waals surface area (Å²) in [5.41, 5.74) is -1.38. The minimum atomic E-state index is -2.89. The number of hydrogen-bond acceptors (Lipinski definition) is 6. The normalized spacial score (nSPS) is 14.5. The van der Waals surface area contributed by atoms with Crippen molar-refractivity contribution in [1.29, 1.82) is 0 Å². The molecule has 0 N–H and O–H groups in total. The van der Waals surface area contributed by atoms with Crippen molar-refractivity contribution in [3.8, 4) is 16.9 Å². The largest absolute Gasteiger partial charge is 0.495 e. The maximum Gasteiger partial charge on any atom is 0.329 e. The van der Waals surface area contributed by atoms with Crippen LogP contribution in [0.2, 0.25) is 5.02 Å². The number of ether oxygens (including phenoxy) is 3. The van der Waals surface area contributed by atoms with Gasteiger partial charge < -0.3 is 14.2 Å². The Morgan fingerprint density at radius 2 is 1.77 bits per heavy atom. The molecule has 1 unspecified atom stereocenters. The van der Waals surface area contributed by atoms with Crippen LogP contribution in [0.4, 0.5) is 0 Å². The Morgan fingerprint density at radius 3 is 2.34 bits per heavy atom. The van der Waals surface area contributed by atoms with Crippen molar-refractivity contribution in [2.24, 2.45) is 0 Å². The van der Waals surface area contributed by atoms with Crippen LogP contribution in [0, 0.1) is 0 Å². The highest BCUT2D eigenvalue weighted by atomic mass is 35.5. The number of carbonyl (C=O) groups excluding carboxylic acids is 2. The molecule has 0 fully saturated rings. The number of benzene rings is 1. The van der Waals surface area contributed by atoms with Crippen LogP contribution in [-0.4, -0.2) is 41.2 Å². The molecular weight excluding hydrogens is 470 g/mol. The van der Waals surface area contributed by atoms with E-state index in [0.717, 1.165) is 16.8 Å². The molecule has 7 nitrogen and oxygen atoms in total. The van der Waals surface area contributed by atoms with Crippen LogP contribution in [0.3, 0.4) is 0 Å². The number of carbonyl (C=O) groups is 2. The zero-order valence-electron chi connectivity index (χ0n) is 24.4. The van der Waals surface area contributed by atoms with Gasteiger partial charge in [0.1, 0.15) is 17.4 Å². The van der Waals surface area contributed by atoms with Gasteiger partial charge in [0.05, 0.1) is 22.9 Å². The second kappa shape index (κ2) is 11.4. The first kappa shape index (κ1) is 24.1. The molecule has 0 aliphatic heterocycles. The molecule has 0 saturated heterocycles. The molecule has 0 bridgehead atoms. The Balaban J connectivity index is 2.76. The molecule has 1 heterocycles. The Hall–Kier alpha value is -2.64. The van der Waals surface area contributed by atoms with Gasteiger partial charge in [-0.15, -0.1) is 0 Å². The third kappa shape index (κ3) is 7.94. The number of rotatable bonds is 9. The molecule has 0 amide bonds. The standard InChI is InChI=1S/C27H36ClNO6/c1-9-22(30)18-11-10-17(28)14-19(18)20-15-24(31)29(16-23(20)33-8)21(12-13-34-26(2,3)4)25(32)35-27(5,6)7/h10-11,14-16,21H,9,12-13H2,1-8H3/i8D3. The van der Waals surface area contributed by atoms with Gasteiger partial charge in [-0.05, 0) is 65.3 Å². The van der Waals surface area contributed by atoms with Gasteiger partial charge in [-0.1, -0.05) is 18.5 Å². The number of Topliss-reactive ketones (excluding diaryl/α,β-unsaturated/α-hetero) is 1. The maximum absolute atomic E-state index is 13.4. The molecule has 192 valence electrons. The summed E-state index contributed by atoms with van der Waals surface area (Å²) in [4.78, 5) is 39.3. The van der Waals surface area contributed by atoms with E-state index in [4.69, 9.17) is 29.9 Å². The molecule has 0 spiro atoms.